The van der Waals surface area contributed by atoms with Gasteiger partial charge in [-0.05, 0) is 48.7 Å². The number of carbonyl (C=O) groups excluding carboxylic acids is 1. The van der Waals surface area contributed by atoms with E-state index in [0.717, 1.165) is 6.42 Å². The first-order chi connectivity index (χ1) is 12.0. The molecule has 1 amide bonds. The largest absolute Gasteiger partial charge is 0.481 e. The minimum Gasteiger partial charge on any atom is -0.481 e. The van der Waals surface area contributed by atoms with Crippen molar-refractivity contribution >= 4 is 17.8 Å². The zero-order valence-electron chi connectivity index (χ0n) is 14.0. The van der Waals surface area contributed by atoms with Crippen LogP contribution in [0, 0.1) is 10.1 Å². The van der Waals surface area contributed by atoms with Crippen molar-refractivity contribution < 1.29 is 14.5 Å². The van der Waals surface area contributed by atoms with Gasteiger partial charge in [0.05, 0.1) is 11.1 Å². The van der Waals surface area contributed by atoms with Crippen LogP contribution < -0.4 is 10.2 Å². The molecule has 1 N–H and O–H groups in total. The summed E-state index contributed by atoms with van der Waals surface area (Å²) in [5.41, 5.74) is 4.21. The third-order valence-electron chi connectivity index (χ3n) is 3.51. The van der Waals surface area contributed by atoms with Crippen LogP contribution in [0.1, 0.15) is 25.0 Å². The van der Waals surface area contributed by atoms with Crippen LogP contribution in [-0.2, 0) is 11.2 Å². The van der Waals surface area contributed by atoms with E-state index in [1.165, 1.54) is 23.9 Å². The van der Waals surface area contributed by atoms with Crippen molar-refractivity contribution in [3.05, 3.63) is 69.8 Å². The van der Waals surface area contributed by atoms with Gasteiger partial charge in [-0.1, -0.05) is 19.1 Å². The van der Waals surface area contributed by atoms with Crippen LogP contribution in [-0.4, -0.2) is 23.1 Å². The zero-order valence-corrected chi connectivity index (χ0v) is 14.0. The third-order valence-corrected chi connectivity index (χ3v) is 3.51. The lowest BCUT2D eigenvalue weighted by Gasteiger charge is -2.13. The second-order valence-corrected chi connectivity index (χ2v) is 5.34. The van der Waals surface area contributed by atoms with Crippen molar-refractivity contribution in [2.24, 2.45) is 5.10 Å². The number of aryl methyl sites for hydroxylation is 1. The second kappa shape index (κ2) is 8.58. The van der Waals surface area contributed by atoms with Crippen LogP contribution in [0.5, 0.6) is 5.75 Å². The number of rotatable bonds is 7. The molecule has 0 aliphatic rings. The fraction of sp³-hybridized carbons (Fsp3) is 0.222. The Morgan fingerprint density at radius 2 is 1.88 bits per heavy atom. The van der Waals surface area contributed by atoms with Gasteiger partial charge in [-0.2, -0.15) is 5.10 Å². The Balaban J connectivity index is 1.86. The number of non-ortho nitro benzene ring substituents is 1. The molecule has 2 aromatic rings. The number of nitrogens with one attached hydrogen (secondary N) is 1. The molecule has 0 spiro atoms. The smallest absolute Gasteiger partial charge is 0.280 e. The molecule has 0 saturated carbocycles. The van der Waals surface area contributed by atoms with Gasteiger partial charge < -0.3 is 4.74 Å². The highest BCUT2D eigenvalue weighted by atomic mass is 16.6. The lowest BCUT2D eigenvalue weighted by Crippen LogP contribution is -2.33. The highest BCUT2D eigenvalue weighted by Gasteiger charge is 2.13. The van der Waals surface area contributed by atoms with E-state index in [1.807, 2.05) is 24.3 Å². The van der Waals surface area contributed by atoms with Crippen molar-refractivity contribution in [2.75, 3.05) is 0 Å². The van der Waals surface area contributed by atoms with Crippen LogP contribution in [0.2, 0.25) is 0 Å². The Labute approximate surface area is 145 Å². The van der Waals surface area contributed by atoms with E-state index < -0.39 is 16.9 Å². The molecule has 130 valence electrons. The molecule has 0 bridgehead atoms. The monoisotopic (exact) mass is 341 g/mol. The molecular formula is C18H19N3O4. The summed E-state index contributed by atoms with van der Waals surface area (Å²) in [5, 5.41) is 14.4. The average Bonchev–Trinajstić information content (AvgIpc) is 2.62. The maximum Gasteiger partial charge on any atom is 0.280 e. The lowest BCUT2D eigenvalue weighted by molar-refractivity contribution is -0.384. The molecule has 2 aromatic carbocycles. The van der Waals surface area contributed by atoms with Crippen molar-refractivity contribution in [3.63, 3.8) is 0 Å². The van der Waals surface area contributed by atoms with Crippen molar-refractivity contribution in [1.29, 1.82) is 0 Å². The molecule has 1 atom stereocenters. The standard InChI is InChI=1S/C18H19N3O4/c1-3-14-6-10-17(11-7-14)25-13(2)18(22)20-19-12-15-4-8-16(9-5-15)21(23)24/h4-13H,3H2,1-2H3,(H,20,22). The minimum atomic E-state index is -0.707. The molecule has 25 heavy (non-hydrogen) atoms. The Kier molecular flexibility index (Phi) is 6.22. The number of benzene rings is 2. The summed E-state index contributed by atoms with van der Waals surface area (Å²) < 4.78 is 5.56. The Hall–Kier alpha value is -3.22. The highest BCUT2D eigenvalue weighted by Crippen LogP contribution is 2.14. The van der Waals surface area contributed by atoms with E-state index in [2.05, 4.69) is 17.5 Å². The molecular weight excluding hydrogens is 322 g/mol. The van der Waals surface area contributed by atoms with Gasteiger partial charge in [0.2, 0.25) is 0 Å². The molecule has 0 aliphatic heterocycles. The van der Waals surface area contributed by atoms with Gasteiger partial charge in [-0.3, -0.25) is 14.9 Å². The third kappa shape index (κ3) is 5.42. The van der Waals surface area contributed by atoms with Crippen LogP contribution in [0.3, 0.4) is 0 Å². The van der Waals surface area contributed by atoms with Crippen LogP contribution in [0.4, 0.5) is 5.69 Å². The van der Waals surface area contributed by atoms with Crippen LogP contribution in [0.25, 0.3) is 0 Å². The zero-order chi connectivity index (χ0) is 18.2. The molecule has 7 nitrogen and oxygen atoms in total. The van der Waals surface area contributed by atoms with Gasteiger partial charge in [-0.25, -0.2) is 5.43 Å². The van der Waals surface area contributed by atoms with Gasteiger partial charge in [0.25, 0.3) is 11.6 Å². The molecule has 2 rings (SSSR count). The average molecular weight is 341 g/mol. The summed E-state index contributed by atoms with van der Waals surface area (Å²) in [4.78, 5) is 22.1. The number of hydrazone groups is 1. The summed E-state index contributed by atoms with van der Waals surface area (Å²) in [6.45, 7) is 3.69. The van der Waals surface area contributed by atoms with E-state index in [0.29, 0.717) is 11.3 Å². The lowest BCUT2D eigenvalue weighted by atomic mass is 10.2. The number of hydrogen-bond acceptors (Lipinski definition) is 5. The van der Waals surface area contributed by atoms with E-state index in [-0.39, 0.29) is 5.69 Å². The number of amides is 1. The molecule has 0 aromatic heterocycles. The highest BCUT2D eigenvalue weighted by molar-refractivity contribution is 5.84. The molecule has 0 heterocycles. The fourth-order valence-electron chi connectivity index (χ4n) is 2.00. The molecule has 0 fully saturated rings. The number of nitrogens with zero attached hydrogens (tertiary/aromatic N) is 2. The van der Waals surface area contributed by atoms with Gasteiger partial charge in [-0.15, -0.1) is 0 Å². The number of carbonyl (C=O) groups is 1. The van der Waals surface area contributed by atoms with E-state index >= 15 is 0 Å². The van der Waals surface area contributed by atoms with E-state index in [1.54, 1.807) is 19.1 Å². The molecule has 0 radical (unpaired) electrons. The number of nitro benzene ring substituents is 1. The molecule has 0 saturated heterocycles. The van der Waals surface area contributed by atoms with Crippen LogP contribution in [0.15, 0.2) is 53.6 Å². The molecule has 0 aliphatic carbocycles. The normalized spacial score (nSPS) is 11.9. The first-order valence-electron chi connectivity index (χ1n) is 7.82. The number of hydrogen-bond donors (Lipinski definition) is 1. The summed E-state index contributed by atoms with van der Waals surface area (Å²) in [5.74, 6) is 0.219. The van der Waals surface area contributed by atoms with Gasteiger partial charge in [0.15, 0.2) is 6.10 Å². The van der Waals surface area contributed by atoms with Crippen LogP contribution >= 0.6 is 0 Å². The molecule has 7 heteroatoms. The maximum absolute atomic E-state index is 12.0. The van der Waals surface area contributed by atoms with Crippen molar-refractivity contribution in [2.45, 2.75) is 26.4 Å². The minimum absolute atomic E-state index is 0.00250. The Morgan fingerprint density at radius 1 is 1.24 bits per heavy atom. The first kappa shape index (κ1) is 18.1. The van der Waals surface area contributed by atoms with Gasteiger partial charge >= 0.3 is 0 Å². The van der Waals surface area contributed by atoms with Crippen molar-refractivity contribution in [3.8, 4) is 5.75 Å². The topological polar surface area (TPSA) is 93.8 Å². The van der Waals surface area contributed by atoms with E-state index in [4.69, 9.17) is 4.74 Å². The Bertz CT molecular complexity index is 755. The fourth-order valence-corrected chi connectivity index (χ4v) is 2.00. The summed E-state index contributed by atoms with van der Waals surface area (Å²) in [6, 6.07) is 13.4. The van der Waals surface area contributed by atoms with E-state index in [9.17, 15) is 14.9 Å². The predicted octanol–water partition coefficient (Wildman–Crippen LogP) is 3.07. The maximum atomic E-state index is 12.0. The quantitative estimate of drug-likeness (QED) is 0.476. The number of ether oxygens (including phenoxy) is 1. The Morgan fingerprint density at radius 3 is 2.44 bits per heavy atom. The van der Waals surface area contributed by atoms with Gasteiger partial charge in [0, 0.05) is 12.1 Å². The molecule has 1 unspecified atom stereocenters. The van der Waals surface area contributed by atoms with Gasteiger partial charge in [0.1, 0.15) is 5.75 Å². The predicted molar refractivity (Wildman–Crippen MR) is 94.7 cm³/mol. The second-order valence-electron chi connectivity index (χ2n) is 5.34. The first-order valence-corrected chi connectivity index (χ1v) is 7.82. The summed E-state index contributed by atoms with van der Waals surface area (Å²) in [7, 11) is 0. The summed E-state index contributed by atoms with van der Waals surface area (Å²) in [6.07, 6.45) is 1.64. The van der Waals surface area contributed by atoms with Crippen molar-refractivity contribution in [1.82, 2.24) is 5.43 Å². The summed E-state index contributed by atoms with van der Waals surface area (Å²) >= 11 is 0. The number of nitro groups is 1. The SMILES string of the molecule is CCc1ccc(OC(C)C(=O)NN=Cc2ccc([N+](=O)[O-])cc2)cc1.